The first-order chi connectivity index (χ1) is 6.14. The number of hydrogen-bond acceptors (Lipinski definition) is 3. The van der Waals surface area contributed by atoms with Crippen LogP contribution < -0.4 is 9.01 Å². The minimum absolute atomic E-state index is 0.993. The van der Waals surface area contributed by atoms with Crippen molar-refractivity contribution in [2.45, 2.75) is 6.92 Å². The van der Waals surface area contributed by atoms with E-state index in [0.29, 0.717) is 0 Å². The van der Waals surface area contributed by atoms with Crippen LogP contribution in [0, 0.1) is 0 Å². The summed E-state index contributed by atoms with van der Waals surface area (Å²) in [6.07, 6.45) is 4.40. The number of aromatic nitrogens is 1. The van der Waals surface area contributed by atoms with Gasteiger partial charge in [-0.15, -0.1) is 4.28 Å². The summed E-state index contributed by atoms with van der Waals surface area (Å²) in [7, 11) is -3.60. The molecule has 0 aliphatic carbocycles. The largest absolute Gasteiger partial charge is 0.389 e. The Morgan fingerprint density at radius 3 is 2.38 bits per heavy atom. The molecule has 0 unspecified atom stereocenters. The first-order valence-electron chi connectivity index (χ1n) is 3.68. The van der Waals surface area contributed by atoms with E-state index in [1.807, 2.05) is 0 Å². The molecule has 0 fully saturated rings. The predicted octanol–water partition coefficient (Wildman–Crippen LogP) is 0.266. The molecule has 0 saturated carbocycles. The molecule has 0 aliphatic rings. The van der Waals surface area contributed by atoms with Crippen molar-refractivity contribution in [1.29, 1.82) is 0 Å². The number of hydrogen-bond donors (Lipinski definition) is 0. The molecule has 0 aromatic carbocycles. The van der Waals surface area contributed by atoms with E-state index < -0.39 is 10.1 Å². The highest BCUT2D eigenvalue weighted by Crippen LogP contribution is 1.86. The third kappa shape index (κ3) is 3.25. The Morgan fingerprint density at radius 1 is 1.23 bits per heavy atom. The average molecular weight is 200 g/mol. The molecule has 0 spiro atoms. The molecular weight excluding hydrogens is 190 g/mol. The summed E-state index contributed by atoms with van der Waals surface area (Å²) in [6, 6.07) is 5.11. The Kier molecular flexibility index (Phi) is 3.02. The van der Waals surface area contributed by atoms with E-state index in [9.17, 15) is 8.42 Å². The Morgan fingerprint density at radius 2 is 1.85 bits per heavy atom. The lowest BCUT2D eigenvalue weighted by Gasteiger charge is -1.92. The van der Waals surface area contributed by atoms with Crippen molar-refractivity contribution in [2.24, 2.45) is 0 Å². The summed E-state index contributed by atoms with van der Waals surface area (Å²) in [5.74, 6) is 0. The van der Waals surface area contributed by atoms with Gasteiger partial charge in [-0.25, -0.2) is 0 Å². The van der Waals surface area contributed by atoms with Gasteiger partial charge in [0.1, 0.15) is 0 Å². The molecule has 13 heavy (non-hydrogen) atoms. The van der Waals surface area contributed by atoms with Crippen molar-refractivity contribution >= 4 is 10.1 Å². The summed E-state index contributed by atoms with van der Waals surface area (Å²) in [6.45, 7) is 1.61. The lowest BCUT2D eigenvalue weighted by Crippen LogP contribution is -2.44. The van der Waals surface area contributed by atoms with Gasteiger partial charge in [-0.1, -0.05) is 12.1 Å². The molecule has 0 aliphatic heterocycles. The van der Waals surface area contributed by atoms with E-state index >= 15 is 0 Å². The van der Waals surface area contributed by atoms with E-state index in [1.54, 1.807) is 25.1 Å². The summed E-state index contributed by atoms with van der Waals surface area (Å²) in [5.41, 5.74) is 0. The standard InChI is InChI=1S/C8H10NO3S/c1-2-8-13(10,11)12-9-6-4-3-5-7-9/h2-8H,1H3/q+1. The van der Waals surface area contributed by atoms with Crippen LogP contribution in [0.15, 0.2) is 42.1 Å². The molecule has 0 atom stereocenters. The summed E-state index contributed by atoms with van der Waals surface area (Å²) < 4.78 is 27.9. The van der Waals surface area contributed by atoms with Gasteiger partial charge >= 0.3 is 10.1 Å². The average Bonchev–Trinajstić information content (AvgIpc) is 2.04. The van der Waals surface area contributed by atoms with Crippen LogP contribution in [0.3, 0.4) is 0 Å². The molecule has 70 valence electrons. The first kappa shape index (κ1) is 9.73. The second-order valence-corrected chi connectivity index (χ2v) is 3.68. The van der Waals surface area contributed by atoms with Crippen molar-refractivity contribution in [3.8, 4) is 0 Å². The summed E-state index contributed by atoms with van der Waals surface area (Å²) >= 11 is 0. The van der Waals surface area contributed by atoms with Gasteiger partial charge in [-0.05, 0) is 6.92 Å². The minimum atomic E-state index is -3.60. The van der Waals surface area contributed by atoms with Crippen molar-refractivity contribution in [1.82, 2.24) is 0 Å². The van der Waals surface area contributed by atoms with Gasteiger partial charge < -0.3 is 0 Å². The zero-order chi connectivity index (χ0) is 9.73. The van der Waals surface area contributed by atoms with Crippen LogP contribution in [0.25, 0.3) is 0 Å². The summed E-state index contributed by atoms with van der Waals surface area (Å²) in [5, 5.41) is 0.993. The third-order valence-electron chi connectivity index (χ3n) is 1.18. The van der Waals surface area contributed by atoms with Crippen LogP contribution in [0.4, 0.5) is 0 Å². The lowest BCUT2D eigenvalue weighted by molar-refractivity contribution is -0.856. The molecule has 0 saturated heterocycles. The van der Waals surface area contributed by atoms with Gasteiger partial charge in [0.05, 0.1) is 5.41 Å². The second kappa shape index (κ2) is 4.04. The quantitative estimate of drug-likeness (QED) is 0.658. The maximum Gasteiger partial charge on any atom is 0.389 e. The Bertz CT molecular complexity index is 383. The van der Waals surface area contributed by atoms with Crippen LogP contribution >= 0.6 is 0 Å². The SMILES string of the molecule is CC=CS(=O)(=O)O[n+]1ccccc1. The Labute approximate surface area is 77.2 Å². The highest BCUT2D eigenvalue weighted by Gasteiger charge is 2.12. The number of pyridine rings is 1. The van der Waals surface area contributed by atoms with Crippen LogP contribution in [-0.2, 0) is 10.1 Å². The molecular formula is C8H10NO3S+. The van der Waals surface area contributed by atoms with E-state index in [1.165, 1.54) is 18.5 Å². The molecule has 1 heterocycles. The Hall–Kier alpha value is -1.36. The molecule has 5 heteroatoms. The van der Waals surface area contributed by atoms with Crippen molar-refractivity contribution < 1.29 is 17.4 Å². The molecule has 0 bridgehead atoms. The summed E-state index contributed by atoms with van der Waals surface area (Å²) in [4.78, 5) is 0. The van der Waals surface area contributed by atoms with Gasteiger partial charge in [-0.2, -0.15) is 8.42 Å². The third-order valence-corrected chi connectivity index (χ3v) is 2.17. The maximum atomic E-state index is 11.1. The van der Waals surface area contributed by atoms with Crippen LogP contribution in [0.5, 0.6) is 0 Å². The van der Waals surface area contributed by atoms with Gasteiger partial charge in [0.2, 0.25) is 12.4 Å². The minimum Gasteiger partial charge on any atom is -0.176 e. The smallest absolute Gasteiger partial charge is 0.176 e. The predicted molar refractivity (Wildman–Crippen MR) is 47.0 cm³/mol. The Balaban J connectivity index is 2.82. The highest BCUT2D eigenvalue weighted by molar-refractivity contribution is 7.89. The number of rotatable bonds is 3. The number of nitrogens with zero attached hydrogens (tertiary/aromatic N) is 1. The lowest BCUT2D eigenvalue weighted by atomic mass is 10.5. The van der Waals surface area contributed by atoms with E-state index in [0.717, 1.165) is 10.1 Å². The molecule has 1 aromatic rings. The number of allylic oxidation sites excluding steroid dienone is 1. The van der Waals surface area contributed by atoms with Crippen molar-refractivity contribution in [3.05, 3.63) is 42.1 Å². The fourth-order valence-electron chi connectivity index (χ4n) is 0.744. The van der Waals surface area contributed by atoms with E-state index in [4.69, 9.17) is 0 Å². The highest BCUT2D eigenvalue weighted by atomic mass is 32.2. The fourth-order valence-corrected chi connectivity index (χ4v) is 1.47. The maximum absolute atomic E-state index is 11.1. The molecule has 0 amide bonds. The second-order valence-electron chi connectivity index (χ2n) is 2.27. The molecule has 1 rings (SSSR count). The topological polar surface area (TPSA) is 47.3 Å². The van der Waals surface area contributed by atoms with Gasteiger partial charge in [0, 0.05) is 16.9 Å². The van der Waals surface area contributed by atoms with Gasteiger partial charge in [-0.3, -0.25) is 0 Å². The van der Waals surface area contributed by atoms with Gasteiger partial charge in [0.15, 0.2) is 0 Å². The zero-order valence-corrected chi connectivity index (χ0v) is 7.94. The monoisotopic (exact) mass is 200 g/mol. The fraction of sp³-hybridized carbons (Fsp3) is 0.125. The van der Waals surface area contributed by atoms with Crippen molar-refractivity contribution in [2.75, 3.05) is 0 Å². The van der Waals surface area contributed by atoms with Gasteiger partial charge in [0.25, 0.3) is 0 Å². The van der Waals surface area contributed by atoms with E-state index in [-0.39, 0.29) is 0 Å². The van der Waals surface area contributed by atoms with E-state index in [2.05, 4.69) is 4.28 Å². The van der Waals surface area contributed by atoms with Crippen LogP contribution in [0.1, 0.15) is 6.92 Å². The first-order valence-corrected chi connectivity index (χ1v) is 5.15. The van der Waals surface area contributed by atoms with Crippen molar-refractivity contribution in [3.63, 3.8) is 0 Å². The molecule has 4 nitrogen and oxygen atoms in total. The van der Waals surface area contributed by atoms with Crippen LogP contribution in [0.2, 0.25) is 0 Å². The molecule has 0 N–H and O–H groups in total. The zero-order valence-electron chi connectivity index (χ0n) is 7.12. The molecule has 0 radical (unpaired) electrons. The van der Waals surface area contributed by atoms with Crippen LogP contribution in [-0.4, -0.2) is 8.42 Å². The molecule has 1 aromatic heterocycles. The normalized spacial score (nSPS) is 11.8.